The van der Waals surface area contributed by atoms with Gasteiger partial charge in [0.1, 0.15) is 5.75 Å². The Kier molecular flexibility index (Phi) is 4.87. The van der Waals surface area contributed by atoms with Crippen molar-refractivity contribution in [1.82, 2.24) is 0 Å². The summed E-state index contributed by atoms with van der Waals surface area (Å²) >= 11 is 4.72. The molecule has 0 spiro atoms. The summed E-state index contributed by atoms with van der Waals surface area (Å²) < 4.78 is 0.972. The molecule has 0 atom stereocenters. The normalized spacial score (nSPS) is 10.2. The molecule has 0 saturated heterocycles. The average molecular weight is 338 g/mol. The van der Waals surface area contributed by atoms with Crippen LogP contribution in [0.4, 0.5) is 5.69 Å². The van der Waals surface area contributed by atoms with Crippen molar-refractivity contribution in [2.75, 3.05) is 11.1 Å². The topological polar surface area (TPSA) is 49.3 Å². The van der Waals surface area contributed by atoms with Gasteiger partial charge in [0.15, 0.2) is 0 Å². The fraction of sp³-hybridized carbons (Fsp3) is 0.0714. The molecule has 2 N–H and O–H groups in total. The van der Waals surface area contributed by atoms with Crippen LogP contribution in [0.1, 0.15) is 0 Å². The van der Waals surface area contributed by atoms with Crippen LogP contribution in [0.25, 0.3) is 0 Å². The molecular formula is C14H12BrNO2S. The minimum absolute atomic E-state index is 0.0735. The molecule has 2 aromatic carbocycles. The number of hydrogen-bond acceptors (Lipinski definition) is 3. The quantitative estimate of drug-likeness (QED) is 0.832. The van der Waals surface area contributed by atoms with Crippen LogP contribution >= 0.6 is 27.7 Å². The Bertz CT molecular complexity index is 572. The van der Waals surface area contributed by atoms with E-state index in [2.05, 4.69) is 21.2 Å². The van der Waals surface area contributed by atoms with Crippen molar-refractivity contribution in [3.05, 3.63) is 53.0 Å². The fourth-order valence-electron chi connectivity index (χ4n) is 1.45. The van der Waals surface area contributed by atoms with Gasteiger partial charge >= 0.3 is 0 Å². The predicted octanol–water partition coefficient (Wildman–Crippen LogP) is 3.89. The summed E-state index contributed by atoms with van der Waals surface area (Å²) in [5.74, 6) is 0.438. The zero-order chi connectivity index (χ0) is 13.7. The van der Waals surface area contributed by atoms with Gasteiger partial charge in [0.2, 0.25) is 5.91 Å². The Labute approximate surface area is 124 Å². The van der Waals surface area contributed by atoms with E-state index in [9.17, 15) is 9.90 Å². The first-order valence-corrected chi connectivity index (χ1v) is 7.38. The molecule has 0 aliphatic carbocycles. The molecule has 0 aliphatic heterocycles. The Morgan fingerprint density at radius 3 is 2.63 bits per heavy atom. The number of anilines is 1. The summed E-state index contributed by atoms with van der Waals surface area (Å²) in [5, 5.41) is 12.1. The summed E-state index contributed by atoms with van der Waals surface area (Å²) in [5.41, 5.74) is 0.768. The van der Waals surface area contributed by atoms with Crippen LogP contribution in [0.3, 0.4) is 0 Å². The maximum Gasteiger partial charge on any atom is 0.234 e. The van der Waals surface area contributed by atoms with Gasteiger partial charge in [0.25, 0.3) is 0 Å². The van der Waals surface area contributed by atoms with Crippen molar-refractivity contribution in [3.8, 4) is 5.75 Å². The van der Waals surface area contributed by atoms with Crippen LogP contribution in [0, 0.1) is 0 Å². The summed E-state index contributed by atoms with van der Waals surface area (Å²) in [4.78, 5) is 12.6. The van der Waals surface area contributed by atoms with Gasteiger partial charge in [-0.15, -0.1) is 11.8 Å². The van der Waals surface area contributed by atoms with Gasteiger partial charge < -0.3 is 10.4 Å². The van der Waals surface area contributed by atoms with Gasteiger partial charge in [-0.3, -0.25) is 4.79 Å². The monoisotopic (exact) mass is 337 g/mol. The number of thioether (sulfide) groups is 1. The Morgan fingerprint density at radius 1 is 1.21 bits per heavy atom. The van der Waals surface area contributed by atoms with E-state index in [-0.39, 0.29) is 11.7 Å². The van der Waals surface area contributed by atoms with E-state index in [1.807, 2.05) is 30.3 Å². The molecule has 0 aromatic heterocycles. The summed E-state index contributed by atoms with van der Waals surface area (Å²) in [6.45, 7) is 0. The molecular weight excluding hydrogens is 326 g/mol. The number of halogens is 1. The molecule has 19 heavy (non-hydrogen) atoms. The second-order valence-electron chi connectivity index (χ2n) is 3.84. The van der Waals surface area contributed by atoms with E-state index >= 15 is 0 Å². The van der Waals surface area contributed by atoms with Crippen LogP contribution in [-0.4, -0.2) is 16.8 Å². The number of hydrogen-bond donors (Lipinski definition) is 2. The van der Waals surface area contributed by atoms with Crippen LogP contribution in [0.5, 0.6) is 5.75 Å². The number of nitrogens with one attached hydrogen (secondary N) is 1. The Hall–Kier alpha value is -1.46. The molecule has 0 heterocycles. The summed E-state index contributed by atoms with van der Waals surface area (Å²) in [6, 6.07) is 14.3. The number of phenolic OH excluding ortho intramolecular Hbond substituents is 1. The van der Waals surface area contributed by atoms with Gasteiger partial charge in [-0.2, -0.15) is 0 Å². The second-order valence-corrected chi connectivity index (χ2v) is 5.81. The van der Waals surface area contributed by atoms with E-state index in [4.69, 9.17) is 0 Å². The molecule has 3 nitrogen and oxygen atoms in total. The standard InChI is InChI=1S/C14H12BrNO2S/c15-10-4-6-11(7-5-10)16-14(18)9-19-13-3-1-2-12(17)8-13/h1-8,17H,9H2,(H,16,18). The van der Waals surface area contributed by atoms with Crippen molar-refractivity contribution < 1.29 is 9.90 Å². The molecule has 0 saturated carbocycles. The minimum Gasteiger partial charge on any atom is -0.508 e. The maximum absolute atomic E-state index is 11.7. The molecule has 2 aromatic rings. The first-order chi connectivity index (χ1) is 9.13. The van der Waals surface area contributed by atoms with E-state index in [1.165, 1.54) is 11.8 Å². The molecule has 2 rings (SSSR count). The molecule has 0 radical (unpaired) electrons. The molecule has 0 fully saturated rings. The lowest BCUT2D eigenvalue weighted by Gasteiger charge is -2.05. The molecule has 0 unspecified atom stereocenters. The zero-order valence-electron chi connectivity index (χ0n) is 9.97. The minimum atomic E-state index is -0.0735. The second kappa shape index (κ2) is 6.63. The number of carbonyl (C=O) groups is 1. The summed E-state index contributed by atoms with van der Waals surface area (Å²) in [6.07, 6.45) is 0. The third-order valence-corrected chi connectivity index (χ3v) is 3.84. The van der Waals surface area contributed by atoms with Crippen molar-refractivity contribution in [3.63, 3.8) is 0 Å². The zero-order valence-corrected chi connectivity index (χ0v) is 12.4. The van der Waals surface area contributed by atoms with E-state index < -0.39 is 0 Å². The number of rotatable bonds is 4. The van der Waals surface area contributed by atoms with Crippen molar-refractivity contribution in [2.45, 2.75) is 4.90 Å². The highest BCUT2D eigenvalue weighted by Crippen LogP contribution is 2.22. The first-order valence-electron chi connectivity index (χ1n) is 5.61. The predicted molar refractivity (Wildman–Crippen MR) is 81.6 cm³/mol. The van der Waals surface area contributed by atoms with Crippen molar-refractivity contribution in [1.29, 1.82) is 0 Å². The van der Waals surface area contributed by atoms with E-state index in [0.717, 1.165) is 15.1 Å². The Balaban J connectivity index is 1.86. The number of benzene rings is 2. The smallest absolute Gasteiger partial charge is 0.234 e. The number of carbonyl (C=O) groups excluding carboxylic acids is 1. The van der Waals surface area contributed by atoms with Gasteiger partial charge in [0, 0.05) is 15.1 Å². The molecule has 0 aliphatic rings. The Morgan fingerprint density at radius 2 is 1.95 bits per heavy atom. The number of amides is 1. The lowest BCUT2D eigenvalue weighted by molar-refractivity contribution is -0.113. The largest absolute Gasteiger partial charge is 0.508 e. The molecule has 0 bridgehead atoms. The molecule has 5 heteroatoms. The SMILES string of the molecule is O=C(CSc1cccc(O)c1)Nc1ccc(Br)cc1. The highest BCUT2D eigenvalue weighted by Gasteiger charge is 2.04. The lowest BCUT2D eigenvalue weighted by atomic mass is 10.3. The fourth-order valence-corrected chi connectivity index (χ4v) is 2.47. The highest BCUT2D eigenvalue weighted by molar-refractivity contribution is 9.10. The average Bonchev–Trinajstić information content (AvgIpc) is 2.39. The third kappa shape index (κ3) is 4.61. The van der Waals surface area contributed by atoms with Gasteiger partial charge in [0.05, 0.1) is 5.75 Å². The molecule has 1 amide bonds. The van der Waals surface area contributed by atoms with Crippen molar-refractivity contribution in [2.24, 2.45) is 0 Å². The van der Waals surface area contributed by atoms with Gasteiger partial charge in [-0.05, 0) is 42.5 Å². The van der Waals surface area contributed by atoms with E-state index in [1.54, 1.807) is 18.2 Å². The number of aromatic hydroxyl groups is 1. The first kappa shape index (κ1) is 14.0. The number of phenols is 1. The van der Waals surface area contributed by atoms with Gasteiger partial charge in [-0.1, -0.05) is 22.0 Å². The van der Waals surface area contributed by atoms with Crippen LogP contribution < -0.4 is 5.32 Å². The highest BCUT2D eigenvalue weighted by atomic mass is 79.9. The van der Waals surface area contributed by atoms with Gasteiger partial charge in [-0.25, -0.2) is 0 Å². The van der Waals surface area contributed by atoms with Crippen LogP contribution in [0.15, 0.2) is 57.9 Å². The van der Waals surface area contributed by atoms with E-state index in [0.29, 0.717) is 5.75 Å². The van der Waals surface area contributed by atoms with Crippen molar-refractivity contribution >= 4 is 39.3 Å². The third-order valence-electron chi connectivity index (χ3n) is 2.32. The van der Waals surface area contributed by atoms with Crippen LogP contribution in [0.2, 0.25) is 0 Å². The lowest BCUT2D eigenvalue weighted by Crippen LogP contribution is -2.13. The summed E-state index contributed by atoms with van der Waals surface area (Å²) in [7, 11) is 0. The van der Waals surface area contributed by atoms with Crippen LogP contribution in [-0.2, 0) is 4.79 Å². The molecule has 98 valence electrons. The maximum atomic E-state index is 11.7.